The molecule has 136 valence electrons. The third-order valence-electron chi connectivity index (χ3n) is 3.83. The number of aliphatic imine (C=N–C) groups is 1. The average molecular weight is 366 g/mol. The number of hydrogen-bond donors (Lipinski definition) is 0. The molecule has 3 rings (SSSR count). The number of nitro benzene ring substituents is 1. The zero-order valence-electron chi connectivity index (χ0n) is 14.5. The van der Waals surface area contributed by atoms with Gasteiger partial charge in [-0.3, -0.25) is 14.9 Å². The summed E-state index contributed by atoms with van der Waals surface area (Å²) in [7, 11) is 0. The van der Waals surface area contributed by atoms with Crippen molar-refractivity contribution in [2.75, 3.05) is 0 Å². The number of carbonyl (C=O) groups excluding carboxylic acids is 2. The minimum atomic E-state index is -0.654. The van der Waals surface area contributed by atoms with Crippen LogP contribution in [0, 0.1) is 10.1 Å². The van der Waals surface area contributed by atoms with E-state index in [1.165, 1.54) is 31.2 Å². The van der Waals surface area contributed by atoms with Crippen molar-refractivity contribution in [2.45, 2.75) is 13.8 Å². The van der Waals surface area contributed by atoms with E-state index in [1.54, 1.807) is 31.2 Å². The molecule has 8 heteroatoms. The number of hydrogen-bond acceptors (Lipinski definition) is 7. The van der Waals surface area contributed by atoms with Crippen LogP contribution in [0.2, 0.25) is 0 Å². The van der Waals surface area contributed by atoms with Crippen LogP contribution in [0.1, 0.15) is 25.0 Å². The molecule has 0 aromatic heterocycles. The van der Waals surface area contributed by atoms with Gasteiger partial charge in [0, 0.05) is 19.1 Å². The molecule has 0 saturated carbocycles. The van der Waals surface area contributed by atoms with Crippen molar-refractivity contribution in [2.24, 2.45) is 4.99 Å². The van der Waals surface area contributed by atoms with Gasteiger partial charge in [-0.15, -0.1) is 0 Å². The molecule has 0 atom stereocenters. The standard InChI is InChI=1S/C19H14N2O6/c1-11(13-7-9-14(10-8-13)21(24)25)17-19(23)27-18(20-17)15-5-3-4-6-16(15)26-12(2)22/h3-10H,1-2H3/b17-11+. The number of ether oxygens (including phenoxy) is 2. The predicted molar refractivity (Wildman–Crippen MR) is 96.1 cm³/mol. The van der Waals surface area contributed by atoms with Crippen LogP contribution < -0.4 is 4.74 Å². The highest BCUT2D eigenvalue weighted by Gasteiger charge is 2.28. The first-order valence-electron chi connectivity index (χ1n) is 7.91. The molecule has 0 amide bonds. The largest absolute Gasteiger partial charge is 0.426 e. The first kappa shape index (κ1) is 18.0. The Morgan fingerprint density at radius 2 is 1.78 bits per heavy atom. The lowest BCUT2D eigenvalue weighted by molar-refractivity contribution is -0.384. The van der Waals surface area contributed by atoms with Crippen molar-refractivity contribution in [1.29, 1.82) is 0 Å². The quantitative estimate of drug-likeness (QED) is 0.270. The molecule has 0 N–H and O–H groups in total. The van der Waals surface area contributed by atoms with Gasteiger partial charge in [0.05, 0.1) is 10.5 Å². The fourth-order valence-electron chi connectivity index (χ4n) is 2.52. The van der Waals surface area contributed by atoms with Crippen LogP contribution in [0.3, 0.4) is 0 Å². The molecule has 0 saturated heterocycles. The second kappa shape index (κ2) is 7.20. The number of esters is 2. The van der Waals surface area contributed by atoms with Gasteiger partial charge in [-0.25, -0.2) is 9.79 Å². The molecule has 0 unspecified atom stereocenters. The summed E-state index contributed by atoms with van der Waals surface area (Å²) >= 11 is 0. The van der Waals surface area contributed by atoms with Gasteiger partial charge in [-0.1, -0.05) is 12.1 Å². The van der Waals surface area contributed by atoms with Crippen LogP contribution in [-0.4, -0.2) is 22.8 Å². The smallest absolute Gasteiger partial charge is 0.364 e. The fraction of sp³-hybridized carbons (Fsp3) is 0.105. The number of allylic oxidation sites excluding steroid dienone is 1. The van der Waals surface area contributed by atoms with Crippen molar-refractivity contribution in [3.8, 4) is 5.75 Å². The van der Waals surface area contributed by atoms with Gasteiger partial charge in [0.15, 0.2) is 5.70 Å². The van der Waals surface area contributed by atoms with E-state index in [-0.39, 0.29) is 23.0 Å². The lowest BCUT2D eigenvalue weighted by atomic mass is 10.1. The summed E-state index contributed by atoms with van der Waals surface area (Å²) in [6.07, 6.45) is 0. The van der Waals surface area contributed by atoms with E-state index in [0.29, 0.717) is 16.7 Å². The third kappa shape index (κ3) is 3.74. The van der Waals surface area contributed by atoms with E-state index in [0.717, 1.165) is 0 Å². The first-order valence-corrected chi connectivity index (χ1v) is 7.91. The SMILES string of the molecule is CC(=O)Oc1ccccc1C1=N/C(=C(\C)c2ccc([N+](=O)[O-])cc2)C(=O)O1. The van der Waals surface area contributed by atoms with E-state index < -0.39 is 16.9 Å². The molecule has 1 aliphatic heterocycles. The number of cyclic esters (lactones) is 1. The summed E-state index contributed by atoms with van der Waals surface area (Å²) in [4.78, 5) is 38.0. The summed E-state index contributed by atoms with van der Waals surface area (Å²) in [5.41, 5.74) is 1.51. The van der Waals surface area contributed by atoms with E-state index in [4.69, 9.17) is 9.47 Å². The molecular weight excluding hydrogens is 352 g/mol. The van der Waals surface area contributed by atoms with Crippen LogP contribution in [0.25, 0.3) is 5.57 Å². The molecule has 1 aliphatic rings. The number of rotatable bonds is 4. The average Bonchev–Trinajstić information content (AvgIpc) is 3.02. The molecule has 1 heterocycles. The minimum Gasteiger partial charge on any atom is -0.426 e. The molecule has 0 aliphatic carbocycles. The number of nitro groups is 1. The second-order valence-electron chi connectivity index (χ2n) is 5.67. The Morgan fingerprint density at radius 1 is 1.11 bits per heavy atom. The van der Waals surface area contributed by atoms with E-state index >= 15 is 0 Å². The van der Waals surface area contributed by atoms with Gasteiger partial charge in [0.2, 0.25) is 5.90 Å². The summed E-state index contributed by atoms with van der Waals surface area (Å²) in [6, 6.07) is 12.3. The van der Waals surface area contributed by atoms with Crippen molar-refractivity contribution in [3.05, 3.63) is 75.5 Å². The zero-order valence-corrected chi connectivity index (χ0v) is 14.5. The van der Waals surface area contributed by atoms with Gasteiger partial charge < -0.3 is 9.47 Å². The summed E-state index contributed by atoms with van der Waals surface area (Å²) in [5, 5.41) is 10.8. The molecule has 0 fully saturated rings. The molecule has 27 heavy (non-hydrogen) atoms. The highest BCUT2D eigenvalue weighted by Crippen LogP contribution is 2.29. The summed E-state index contributed by atoms with van der Waals surface area (Å²) in [5.74, 6) is -0.914. The highest BCUT2D eigenvalue weighted by molar-refractivity contribution is 6.15. The zero-order chi connectivity index (χ0) is 19.6. The lowest BCUT2D eigenvalue weighted by Crippen LogP contribution is -2.10. The molecule has 0 bridgehead atoms. The second-order valence-corrected chi connectivity index (χ2v) is 5.67. The number of carbonyl (C=O) groups is 2. The van der Waals surface area contributed by atoms with E-state index in [2.05, 4.69) is 4.99 Å². The van der Waals surface area contributed by atoms with E-state index in [1.807, 2.05) is 0 Å². The molecule has 0 spiro atoms. The van der Waals surface area contributed by atoms with Gasteiger partial charge in [-0.05, 0) is 42.3 Å². The minimum absolute atomic E-state index is 0.0214. The number of non-ortho nitro benzene ring substituents is 1. The molecule has 0 radical (unpaired) electrons. The van der Waals surface area contributed by atoms with Crippen molar-refractivity contribution in [3.63, 3.8) is 0 Å². The summed E-state index contributed by atoms with van der Waals surface area (Å²) in [6.45, 7) is 2.94. The topological polar surface area (TPSA) is 108 Å². The first-order chi connectivity index (χ1) is 12.9. The normalized spacial score (nSPS) is 15.0. The van der Waals surface area contributed by atoms with E-state index in [9.17, 15) is 19.7 Å². The van der Waals surface area contributed by atoms with Crippen LogP contribution in [0.4, 0.5) is 5.69 Å². The molecule has 2 aromatic rings. The monoisotopic (exact) mass is 366 g/mol. The van der Waals surface area contributed by atoms with Crippen LogP contribution in [0.15, 0.2) is 59.2 Å². The predicted octanol–water partition coefficient (Wildman–Crippen LogP) is 3.25. The van der Waals surface area contributed by atoms with Crippen LogP contribution >= 0.6 is 0 Å². The van der Waals surface area contributed by atoms with Gasteiger partial charge in [0.25, 0.3) is 5.69 Å². The molecular formula is C19H14N2O6. The third-order valence-corrected chi connectivity index (χ3v) is 3.83. The van der Waals surface area contributed by atoms with Crippen LogP contribution in [-0.2, 0) is 14.3 Å². The molecule has 2 aromatic carbocycles. The Balaban J connectivity index is 2.00. The Morgan fingerprint density at radius 3 is 2.41 bits per heavy atom. The van der Waals surface area contributed by atoms with Crippen molar-refractivity contribution < 1.29 is 24.0 Å². The number of benzene rings is 2. The van der Waals surface area contributed by atoms with Crippen LogP contribution in [0.5, 0.6) is 5.75 Å². The lowest BCUT2D eigenvalue weighted by Gasteiger charge is -2.06. The highest BCUT2D eigenvalue weighted by atomic mass is 16.6. The Bertz CT molecular complexity index is 1010. The maximum Gasteiger partial charge on any atom is 0.364 e. The maximum atomic E-state index is 12.3. The number of nitrogens with zero attached hydrogens (tertiary/aromatic N) is 2. The van der Waals surface area contributed by atoms with Gasteiger partial charge in [-0.2, -0.15) is 0 Å². The Kier molecular flexibility index (Phi) is 4.80. The van der Waals surface area contributed by atoms with Crippen molar-refractivity contribution in [1.82, 2.24) is 0 Å². The fourth-order valence-corrected chi connectivity index (χ4v) is 2.52. The molecule has 8 nitrogen and oxygen atoms in total. The number of para-hydroxylation sites is 1. The van der Waals surface area contributed by atoms with Gasteiger partial charge in [0.1, 0.15) is 5.75 Å². The maximum absolute atomic E-state index is 12.3. The Labute approximate surface area is 153 Å². The summed E-state index contributed by atoms with van der Waals surface area (Å²) < 4.78 is 10.4. The van der Waals surface area contributed by atoms with Crippen molar-refractivity contribution >= 4 is 29.1 Å². The Hall–Kier alpha value is -3.81. The van der Waals surface area contributed by atoms with Gasteiger partial charge >= 0.3 is 11.9 Å².